The molecule has 14 heteroatoms. The molecule has 2 aliphatic heterocycles. The summed E-state index contributed by atoms with van der Waals surface area (Å²) in [6, 6.07) is 0. The topological polar surface area (TPSA) is 159 Å². The van der Waals surface area contributed by atoms with Crippen LogP contribution in [0.4, 0.5) is 4.39 Å². The maximum absolute atomic E-state index is 14.3. The lowest BCUT2D eigenvalue weighted by atomic mass is 10.0. The zero-order valence-corrected chi connectivity index (χ0v) is 19.2. The Kier molecular flexibility index (Phi) is 9.70. The third-order valence-electron chi connectivity index (χ3n) is 4.59. The van der Waals surface area contributed by atoms with Crippen molar-refractivity contribution in [2.24, 2.45) is 0 Å². The monoisotopic (exact) mass is 494 g/mol. The van der Waals surface area contributed by atoms with Crippen LogP contribution in [0, 0.1) is 0 Å². The summed E-state index contributed by atoms with van der Waals surface area (Å²) in [4.78, 5) is 58.0. The lowest BCUT2D eigenvalue weighted by Crippen LogP contribution is -2.62. The normalized spacial score (nSPS) is 33.2. The molecule has 2 heterocycles. The fourth-order valence-electron chi connectivity index (χ4n) is 3.50. The molecule has 0 aromatic heterocycles. The van der Waals surface area contributed by atoms with Gasteiger partial charge in [0.25, 0.3) is 0 Å². The number of hydrogen-bond donors (Lipinski definition) is 0. The molecule has 2 rings (SSSR count). The Morgan fingerprint density at radius 1 is 0.588 bits per heavy atom. The number of esters is 5. The number of ether oxygens (including phenoxy) is 8. The minimum atomic E-state index is -2.12. The lowest BCUT2D eigenvalue weighted by Gasteiger charge is -2.43. The van der Waals surface area contributed by atoms with E-state index in [0.29, 0.717) is 0 Å². The Balaban J connectivity index is 2.33. The molecule has 34 heavy (non-hydrogen) atoms. The standard InChI is InChI=1S/C20H27FO13/c1-8(22)29-13-7-28-20(18(33-12(5)26)16(13)31-10(3)24)34-14-6-27-19(21)17(32-11(4)25)15(14)30-9(2)23/h13-20H,6-7H2,1-5H3/t13-,14-,15+,16+,17-,18-,19-,20+/m1/s1. The van der Waals surface area contributed by atoms with Crippen LogP contribution < -0.4 is 0 Å². The van der Waals surface area contributed by atoms with Crippen LogP contribution in [0.15, 0.2) is 0 Å². The molecular weight excluding hydrogens is 467 g/mol. The lowest BCUT2D eigenvalue weighted by molar-refractivity contribution is -0.321. The van der Waals surface area contributed by atoms with Gasteiger partial charge in [-0.15, -0.1) is 0 Å². The zero-order chi connectivity index (χ0) is 25.6. The first-order chi connectivity index (χ1) is 15.9. The third-order valence-corrected chi connectivity index (χ3v) is 4.59. The van der Waals surface area contributed by atoms with Crippen molar-refractivity contribution in [2.75, 3.05) is 13.2 Å². The van der Waals surface area contributed by atoms with E-state index in [1.54, 1.807) is 0 Å². The molecule has 0 spiro atoms. The average molecular weight is 494 g/mol. The number of rotatable bonds is 7. The Labute approximate surface area is 194 Å². The van der Waals surface area contributed by atoms with Crippen molar-refractivity contribution < 1.29 is 66.3 Å². The Hall–Kier alpha value is -2.84. The zero-order valence-electron chi connectivity index (χ0n) is 19.2. The van der Waals surface area contributed by atoms with Crippen molar-refractivity contribution in [3.8, 4) is 0 Å². The van der Waals surface area contributed by atoms with Gasteiger partial charge >= 0.3 is 29.8 Å². The van der Waals surface area contributed by atoms with Gasteiger partial charge in [0.05, 0.1) is 13.2 Å². The van der Waals surface area contributed by atoms with Crippen molar-refractivity contribution in [3.05, 3.63) is 0 Å². The maximum atomic E-state index is 14.3. The third kappa shape index (κ3) is 7.60. The summed E-state index contributed by atoms with van der Waals surface area (Å²) >= 11 is 0. The molecule has 0 N–H and O–H groups in total. The van der Waals surface area contributed by atoms with Gasteiger partial charge in [0.2, 0.25) is 6.36 Å². The van der Waals surface area contributed by atoms with Crippen LogP contribution >= 0.6 is 0 Å². The van der Waals surface area contributed by atoms with Crippen molar-refractivity contribution in [1.29, 1.82) is 0 Å². The van der Waals surface area contributed by atoms with E-state index >= 15 is 0 Å². The van der Waals surface area contributed by atoms with Crippen molar-refractivity contribution >= 4 is 29.8 Å². The summed E-state index contributed by atoms with van der Waals surface area (Å²) in [6.45, 7) is 4.59. The molecule has 8 atom stereocenters. The van der Waals surface area contributed by atoms with Gasteiger partial charge in [-0.05, 0) is 0 Å². The van der Waals surface area contributed by atoms with Gasteiger partial charge in [-0.1, -0.05) is 0 Å². The van der Waals surface area contributed by atoms with Gasteiger partial charge in [0, 0.05) is 34.6 Å². The molecular formula is C20H27FO13. The maximum Gasteiger partial charge on any atom is 0.303 e. The van der Waals surface area contributed by atoms with Crippen LogP contribution in [0.1, 0.15) is 34.6 Å². The minimum absolute atomic E-state index is 0.328. The quantitative estimate of drug-likeness (QED) is 0.336. The summed E-state index contributed by atoms with van der Waals surface area (Å²) in [5.74, 6) is -3.96. The summed E-state index contributed by atoms with van der Waals surface area (Å²) in [5.41, 5.74) is 0. The molecule has 2 aliphatic rings. The summed E-state index contributed by atoms with van der Waals surface area (Å²) in [5, 5.41) is 0. The highest BCUT2D eigenvalue weighted by Crippen LogP contribution is 2.30. The molecule has 0 bridgehead atoms. The van der Waals surface area contributed by atoms with E-state index in [2.05, 4.69) is 0 Å². The second-order valence-electron chi connectivity index (χ2n) is 7.50. The number of halogens is 1. The van der Waals surface area contributed by atoms with Crippen molar-refractivity contribution in [2.45, 2.75) is 83.9 Å². The molecule has 0 aliphatic carbocycles. The fourth-order valence-corrected chi connectivity index (χ4v) is 3.50. The molecule has 0 radical (unpaired) electrons. The van der Waals surface area contributed by atoms with Crippen LogP contribution in [0.5, 0.6) is 0 Å². The predicted octanol–water partition coefficient (Wildman–Crippen LogP) is -0.288. The molecule has 2 saturated heterocycles. The predicted molar refractivity (Wildman–Crippen MR) is 103 cm³/mol. The minimum Gasteiger partial charge on any atom is -0.456 e. The summed E-state index contributed by atoms with van der Waals surface area (Å²) < 4.78 is 56.3. The van der Waals surface area contributed by atoms with E-state index in [0.717, 1.165) is 34.6 Å². The number of carbonyl (C=O) groups is 5. The molecule has 2 fully saturated rings. The van der Waals surface area contributed by atoms with E-state index in [-0.39, 0.29) is 6.61 Å². The van der Waals surface area contributed by atoms with E-state index in [4.69, 9.17) is 37.9 Å². The van der Waals surface area contributed by atoms with Crippen molar-refractivity contribution in [3.63, 3.8) is 0 Å². The van der Waals surface area contributed by atoms with E-state index in [1.165, 1.54) is 0 Å². The van der Waals surface area contributed by atoms with Crippen LogP contribution in [-0.4, -0.2) is 92.3 Å². The highest BCUT2D eigenvalue weighted by Gasteiger charge is 2.52. The van der Waals surface area contributed by atoms with Gasteiger partial charge in [0.15, 0.2) is 36.8 Å². The van der Waals surface area contributed by atoms with Crippen LogP contribution in [0.25, 0.3) is 0 Å². The van der Waals surface area contributed by atoms with Gasteiger partial charge in [-0.2, -0.15) is 0 Å². The first-order valence-corrected chi connectivity index (χ1v) is 10.3. The van der Waals surface area contributed by atoms with E-state index in [1.807, 2.05) is 0 Å². The molecule has 0 aromatic rings. The van der Waals surface area contributed by atoms with E-state index < -0.39 is 85.7 Å². The van der Waals surface area contributed by atoms with Gasteiger partial charge < -0.3 is 37.9 Å². The second kappa shape index (κ2) is 12.0. The first kappa shape index (κ1) is 27.4. The van der Waals surface area contributed by atoms with Crippen LogP contribution in [0.2, 0.25) is 0 Å². The fraction of sp³-hybridized carbons (Fsp3) is 0.750. The second-order valence-corrected chi connectivity index (χ2v) is 7.50. The van der Waals surface area contributed by atoms with Crippen molar-refractivity contribution in [1.82, 2.24) is 0 Å². The van der Waals surface area contributed by atoms with Gasteiger partial charge in [0.1, 0.15) is 6.10 Å². The molecule has 0 aromatic carbocycles. The molecule has 192 valence electrons. The Bertz CT molecular complexity index is 786. The number of alkyl halides is 1. The smallest absolute Gasteiger partial charge is 0.303 e. The molecule has 13 nitrogen and oxygen atoms in total. The molecule has 0 saturated carbocycles. The molecule has 0 amide bonds. The van der Waals surface area contributed by atoms with Crippen LogP contribution in [0.3, 0.4) is 0 Å². The van der Waals surface area contributed by atoms with Crippen LogP contribution in [-0.2, 0) is 61.9 Å². The average Bonchev–Trinajstić information content (AvgIpc) is 2.69. The van der Waals surface area contributed by atoms with Gasteiger partial charge in [-0.25, -0.2) is 4.39 Å². The highest BCUT2D eigenvalue weighted by atomic mass is 19.1. The molecule has 0 unspecified atom stereocenters. The highest BCUT2D eigenvalue weighted by molar-refractivity contribution is 5.68. The summed E-state index contributed by atoms with van der Waals surface area (Å²) in [6.07, 6.45) is -11.8. The SMILES string of the molecule is CC(=O)O[C@@H]1[C@@H](OC(C)=O)[C@H](O[C@@H]2OC[C@@H](OC(C)=O)[C@H](OC(C)=O)[C@H]2OC(C)=O)CO[C@H]1F. The Morgan fingerprint density at radius 3 is 1.50 bits per heavy atom. The number of hydrogen-bond acceptors (Lipinski definition) is 13. The largest absolute Gasteiger partial charge is 0.456 e. The van der Waals surface area contributed by atoms with E-state index in [9.17, 15) is 28.4 Å². The summed E-state index contributed by atoms with van der Waals surface area (Å²) in [7, 11) is 0. The van der Waals surface area contributed by atoms with Gasteiger partial charge in [-0.3, -0.25) is 24.0 Å². The Morgan fingerprint density at radius 2 is 1.00 bits per heavy atom. The first-order valence-electron chi connectivity index (χ1n) is 10.3. The number of carbonyl (C=O) groups excluding carboxylic acids is 5.